The van der Waals surface area contributed by atoms with Crippen LogP contribution < -0.4 is 42.5 Å². The number of hydrogen-bond donors (Lipinski definition) is 10. The molecule has 4 bridgehead atoms. The van der Waals surface area contributed by atoms with Gasteiger partial charge in [-0.05, 0) is 82.0 Å². The Bertz CT molecular complexity index is 1370. The number of aromatic hydroxyl groups is 1. The highest BCUT2D eigenvalue weighted by Crippen LogP contribution is 2.28. The van der Waals surface area contributed by atoms with E-state index >= 15 is 0 Å². The Balaban J connectivity index is 1.88. The Morgan fingerprint density at radius 1 is 0.917 bits per heavy atom. The average Bonchev–Trinajstić information content (AvgIpc) is 3.07. The van der Waals surface area contributed by atoms with Crippen molar-refractivity contribution in [3.8, 4) is 16.9 Å². The number of benzene rings is 2. The van der Waals surface area contributed by atoms with Gasteiger partial charge in [-0.3, -0.25) is 19.2 Å². The van der Waals surface area contributed by atoms with E-state index in [2.05, 4.69) is 42.5 Å². The molecular weight excluding hydrogens is 616 g/mol. The van der Waals surface area contributed by atoms with Gasteiger partial charge in [0.1, 0.15) is 17.8 Å². The number of amides is 4. The molecule has 0 unspecified atom stereocenters. The molecule has 0 aliphatic carbocycles. The number of aliphatic hydroxyl groups excluding tert-OH is 1. The van der Waals surface area contributed by atoms with E-state index in [-0.39, 0.29) is 50.1 Å². The molecule has 0 spiro atoms. The van der Waals surface area contributed by atoms with Gasteiger partial charge in [0.05, 0.1) is 18.7 Å². The predicted molar refractivity (Wildman–Crippen MR) is 184 cm³/mol. The number of fused-ring (bicyclic) bond motifs is 5. The van der Waals surface area contributed by atoms with Gasteiger partial charge in [0.25, 0.3) is 0 Å². The summed E-state index contributed by atoms with van der Waals surface area (Å²) in [7, 11) is 6.98. The van der Waals surface area contributed by atoms with Crippen LogP contribution in [0.15, 0.2) is 42.5 Å². The molecule has 48 heavy (non-hydrogen) atoms. The van der Waals surface area contributed by atoms with E-state index in [1.165, 1.54) is 0 Å². The van der Waals surface area contributed by atoms with Gasteiger partial charge in [-0.2, -0.15) is 0 Å². The van der Waals surface area contributed by atoms with Gasteiger partial charge < -0.3 is 52.7 Å². The fraction of sp³-hybridized carbons (Fsp3) is 0.529. The van der Waals surface area contributed by atoms with Crippen molar-refractivity contribution in [2.24, 2.45) is 0 Å². The minimum atomic E-state index is -1.19. The number of aliphatic hydroxyl groups is 1. The lowest BCUT2D eigenvalue weighted by Crippen LogP contribution is -2.58. The maximum Gasteiger partial charge on any atom is 0.243 e. The molecule has 0 fully saturated rings. The summed E-state index contributed by atoms with van der Waals surface area (Å²) in [5.41, 5.74) is 2.90. The number of phenols is 1. The summed E-state index contributed by atoms with van der Waals surface area (Å²) < 4.78 is 0. The van der Waals surface area contributed by atoms with Crippen molar-refractivity contribution in [1.82, 2.24) is 42.5 Å². The lowest BCUT2D eigenvalue weighted by Gasteiger charge is -2.26. The first kappa shape index (κ1) is 38.4. The fourth-order valence-corrected chi connectivity index (χ4v) is 5.63. The van der Waals surface area contributed by atoms with Crippen molar-refractivity contribution >= 4 is 23.6 Å². The normalized spacial score (nSPS) is 19.6. The molecule has 3 rings (SSSR count). The largest absolute Gasteiger partial charge is 0.508 e. The van der Waals surface area contributed by atoms with Crippen LogP contribution >= 0.6 is 0 Å². The first-order valence-electron chi connectivity index (χ1n) is 16.5. The van der Waals surface area contributed by atoms with Gasteiger partial charge in [0.15, 0.2) is 0 Å². The molecule has 2 aromatic carbocycles. The minimum absolute atomic E-state index is 0.0297. The van der Waals surface area contributed by atoms with Crippen LogP contribution in [0.2, 0.25) is 0 Å². The van der Waals surface area contributed by atoms with Crippen molar-refractivity contribution < 1.29 is 29.4 Å². The molecule has 1 heterocycles. The van der Waals surface area contributed by atoms with Crippen LogP contribution in [0.3, 0.4) is 0 Å². The zero-order valence-electron chi connectivity index (χ0n) is 28.3. The zero-order chi connectivity index (χ0) is 35.1. The maximum atomic E-state index is 13.7. The smallest absolute Gasteiger partial charge is 0.243 e. The molecule has 14 nitrogen and oxygen atoms in total. The van der Waals surface area contributed by atoms with E-state index in [4.69, 9.17) is 0 Å². The molecule has 0 radical (unpaired) electrons. The maximum absolute atomic E-state index is 13.7. The molecule has 2 aromatic rings. The van der Waals surface area contributed by atoms with E-state index in [9.17, 15) is 29.4 Å². The van der Waals surface area contributed by atoms with Gasteiger partial charge in [0.2, 0.25) is 23.6 Å². The summed E-state index contributed by atoms with van der Waals surface area (Å²) in [6.07, 6.45) is 0.918. The lowest BCUT2D eigenvalue weighted by molar-refractivity contribution is -0.133. The van der Waals surface area contributed by atoms with Gasteiger partial charge in [-0.15, -0.1) is 0 Å². The standard InChI is InChI=1S/C34H52N8O6/c1-35-12-6-9-25(37-3)18-39-31(45)20-40-32(46)28-14-21-7-5-8-22(13-21)23-10-11-30(44)24(15-23)16-27(38-4)33(47)42-29(34(48)41-28)17-26(43)19-36-2/h5,7-8,10-11,13,15,25-29,35-38,43-44H,6,9,12,14,16-20H2,1-4H3,(H,39,45)(H,40,46)(H,41,48)(H,42,47)/t25-,26+,27-,28-,29-/m0/s1. The molecule has 0 saturated carbocycles. The fourth-order valence-electron chi connectivity index (χ4n) is 5.63. The second-order valence-electron chi connectivity index (χ2n) is 12.1. The van der Waals surface area contributed by atoms with Crippen LogP contribution in [0.5, 0.6) is 5.75 Å². The highest BCUT2D eigenvalue weighted by Gasteiger charge is 2.31. The van der Waals surface area contributed by atoms with E-state index in [1.54, 1.807) is 26.2 Å². The number of carbonyl (C=O) groups is 4. The molecule has 5 atom stereocenters. The van der Waals surface area contributed by atoms with Crippen molar-refractivity contribution in [1.29, 1.82) is 0 Å². The highest BCUT2D eigenvalue weighted by atomic mass is 16.3. The predicted octanol–water partition coefficient (Wildman–Crippen LogP) is -1.49. The number of nitrogens with one attached hydrogen (secondary N) is 8. The van der Waals surface area contributed by atoms with Gasteiger partial charge in [-0.1, -0.05) is 30.3 Å². The quantitative estimate of drug-likeness (QED) is 0.0996. The second kappa shape index (κ2) is 19.7. The Morgan fingerprint density at radius 3 is 2.40 bits per heavy atom. The third kappa shape index (κ3) is 11.9. The van der Waals surface area contributed by atoms with Crippen LogP contribution in [0, 0.1) is 0 Å². The molecule has 10 N–H and O–H groups in total. The van der Waals surface area contributed by atoms with Crippen LogP contribution in [0.25, 0.3) is 11.1 Å². The van der Waals surface area contributed by atoms with E-state index in [0.29, 0.717) is 12.1 Å². The molecule has 0 aromatic heterocycles. The Morgan fingerprint density at radius 2 is 1.69 bits per heavy atom. The number of rotatable bonds is 15. The number of likely N-dealkylation sites (N-methyl/N-ethyl adjacent to an activating group) is 3. The molecule has 14 heteroatoms. The SMILES string of the molecule is CNCCC[C@@H](CNC(=O)CNC(=O)[C@@H]1Cc2cccc(c2)-c2ccc(O)c(c2)C[C@H](NC)C(=O)N[C@@H](C[C@@H](O)CNC)C(=O)N1)NC. The van der Waals surface area contributed by atoms with Crippen LogP contribution in [0.1, 0.15) is 30.4 Å². The van der Waals surface area contributed by atoms with E-state index in [1.807, 2.05) is 44.4 Å². The molecule has 4 amide bonds. The Kier molecular flexibility index (Phi) is 15.7. The zero-order valence-corrected chi connectivity index (χ0v) is 28.3. The summed E-state index contributed by atoms with van der Waals surface area (Å²) >= 11 is 0. The molecule has 264 valence electrons. The molecule has 1 aliphatic heterocycles. The van der Waals surface area contributed by atoms with Gasteiger partial charge in [-0.25, -0.2) is 0 Å². The third-order valence-corrected chi connectivity index (χ3v) is 8.44. The minimum Gasteiger partial charge on any atom is -0.508 e. The summed E-state index contributed by atoms with van der Waals surface area (Å²) in [6, 6.07) is 9.59. The first-order chi connectivity index (χ1) is 23.1. The van der Waals surface area contributed by atoms with Crippen LogP contribution in [-0.2, 0) is 32.0 Å². The Hall–Kier alpha value is -4.08. The second-order valence-corrected chi connectivity index (χ2v) is 12.1. The molecule has 0 saturated heterocycles. The highest BCUT2D eigenvalue weighted by molar-refractivity contribution is 5.94. The molecular formula is C34H52N8O6. The van der Waals surface area contributed by atoms with Gasteiger partial charge >= 0.3 is 0 Å². The number of phenolic OH excluding ortho intramolecular Hbond substituents is 1. The average molecular weight is 669 g/mol. The third-order valence-electron chi connectivity index (χ3n) is 8.44. The van der Waals surface area contributed by atoms with Crippen molar-refractivity contribution in [2.45, 2.75) is 62.4 Å². The first-order valence-corrected chi connectivity index (χ1v) is 16.5. The van der Waals surface area contributed by atoms with Crippen molar-refractivity contribution in [3.05, 3.63) is 53.6 Å². The van der Waals surface area contributed by atoms with Crippen LogP contribution in [-0.4, -0.2) is 118 Å². The molecule has 1 aliphatic rings. The number of hydrogen-bond acceptors (Lipinski definition) is 10. The monoisotopic (exact) mass is 668 g/mol. The summed E-state index contributed by atoms with van der Waals surface area (Å²) in [5.74, 6) is -2.09. The van der Waals surface area contributed by atoms with Gasteiger partial charge in [0, 0.05) is 38.4 Å². The summed E-state index contributed by atoms with van der Waals surface area (Å²) in [5, 5.41) is 44.3. The lowest BCUT2D eigenvalue weighted by atomic mass is 9.96. The van der Waals surface area contributed by atoms with E-state index < -0.39 is 42.0 Å². The topological polar surface area (TPSA) is 205 Å². The Labute approximate surface area is 282 Å². The summed E-state index contributed by atoms with van der Waals surface area (Å²) in [4.78, 5) is 53.5. The van der Waals surface area contributed by atoms with Crippen molar-refractivity contribution in [3.63, 3.8) is 0 Å². The summed E-state index contributed by atoms with van der Waals surface area (Å²) in [6.45, 7) is 1.14. The van der Waals surface area contributed by atoms with E-state index in [0.717, 1.165) is 36.1 Å². The number of carbonyl (C=O) groups excluding carboxylic acids is 4. The van der Waals surface area contributed by atoms with Crippen molar-refractivity contribution in [2.75, 3.05) is 54.4 Å². The van der Waals surface area contributed by atoms with Crippen LogP contribution in [0.4, 0.5) is 0 Å².